The molecule has 2 aliphatic heterocycles. The lowest BCUT2D eigenvalue weighted by Crippen LogP contribution is -2.52. The van der Waals surface area contributed by atoms with Gasteiger partial charge in [-0.25, -0.2) is 0 Å². The molecule has 0 amide bonds. The first-order chi connectivity index (χ1) is 7.47. The van der Waals surface area contributed by atoms with Crippen molar-refractivity contribution in [3.8, 4) is 0 Å². The molecule has 4 heteroatoms. The maximum Gasteiger partial charge on any atom is 0.108 e. The largest absolute Gasteiger partial charge is 0.321 e. The second kappa shape index (κ2) is 4.39. The second-order valence-electron chi connectivity index (χ2n) is 4.91. The first-order valence-electron chi connectivity index (χ1n) is 5.70. The normalized spacial score (nSPS) is 25.8. The number of hydrogen-bond donors (Lipinski definition) is 0. The lowest BCUT2D eigenvalue weighted by molar-refractivity contribution is 0.298. The topological polar surface area (TPSA) is 3.24 Å². The predicted octanol–water partition coefficient (Wildman–Crippen LogP) is 3.78. The lowest BCUT2D eigenvalue weighted by atomic mass is 9.93. The average Bonchev–Trinajstić information content (AvgIpc) is 2.65. The Bertz CT molecular complexity index is 370. The van der Waals surface area contributed by atoms with E-state index in [1.54, 1.807) is 0 Å². The summed E-state index contributed by atoms with van der Waals surface area (Å²) in [4.78, 5) is 5.52. The van der Waals surface area contributed by atoms with E-state index >= 15 is 0 Å². The van der Waals surface area contributed by atoms with E-state index in [-0.39, 0.29) is 5.54 Å². The summed E-state index contributed by atoms with van der Waals surface area (Å²) in [6.07, 6.45) is 4.38. The minimum Gasteiger partial charge on any atom is -0.321 e. The summed E-state index contributed by atoms with van der Waals surface area (Å²) in [5.74, 6) is 1.64. The molecule has 1 atom stereocenters. The van der Waals surface area contributed by atoms with Crippen molar-refractivity contribution >= 4 is 46.2 Å². The van der Waals surface area contributed by atoms with Gasteiger partial charge in [0.15, 0.2) is 0 Å². The SMILES string of the molecule is CCC(C)(C)N1C(=S)C=C2SCCC2C1=S. The fourth-order valence-electron chi connectivity index (χ4n) is 2.13. The van der Waals surface area contributed by atoms with Crippen LogP contribution in [0.3, 0.4) is 0 Å². The Morgan fingerprint density at radius 2 is 2.19 bits per heavy atom. The van der Waals surface area contributed by atoms with Gasteiger partial charge in [-0.2, -0.15) is 0 Å². The van der Waals surface area contributed by atoms with Gasteiger partial charge in [0.05, 0.1) is 4.99 Å². The van der Waals surface area contributed by atoms with Crippen molar-refractivity contribution in [2.24, 2.45) is 5.92 Å². The number of nitrogens with zero attached hydrogens (tertiary/aromatic N) is 1. The van der Waals surface area contributed by atoms with Crippen LogP contribution in [0, 0.1) is 5.92 Å². The van der Waals surface area contributed by atoms with Crippen molar-refractivity contribution in [3.05, 3.63) is 11.0 Å². The third-order valence-electron chi connectivity index (χ3n) is 3.49. The smallest absolute Gasteiger partial charge is 0.108 e. The first-order valence-corrected chi connectivity index (χ1v) is 7.50. The van der Waals surface area contributed by atoms with Crippen molar-refractivity contribution in [1.29, 1.82) is 0 Å². The van der Waals surface area contributed by atoms with Crippen LogP contribution in [0.15, 0.2) is 11.0 Å². The zero-order valence-electron chi connectivity index (χ0n) is 9.95. The van der Waals surface area contributed by atoms with Gasteiger partial charge in [0.25, 0.3) is 0 Å². The van der Waals surface area contributed by atoms with Crippen LogP contribution in [-0.2, 0) is 0 Å². The van der Waals surface area contributed by atoms with Crippen LogP contribution in [0.2, 0.25) is 0 Å². The highest BCUT2D eigenvalue weighted by Crippen LogP contribution is 2.42. The lowest BCUT2D eigenvalue weighted by Gasteiger charge is -2.43. The van der Waals surface area contributed by atoms with Crippen molar-refractivity contribution in [2.75, 3.05) is 5.75 Å². The van der Waals surface area contributed by atoms with E-state index in [9.17, 15) is 0 Å². The molecule has 1 unspecified atom stereocenters. The van der Waals surface area contributed by atoms with E-state index in [0.29, 0.717) is 5.92 Å². The molecule has 16 heavy (non-hydrogen) atoms. The molecule has 0 saturated carbocycles. The molecule has 0 N–H and O–H groups in total. The Morgan fingerprint density at radius 3 is 2.81 bits per heavy atom. The molecule has 0 aliphatic carbocycles. The van der Waals surface area contributed by atoms with Gasteiger partial charge < -0.3 is 4.90 Å². The Balaban J connectivity index is 2.36. The average molecular weight is 271 g/mol. The van der Waals surface area contributed by atoms with Crippen molar-refractivity contribution in [1.82, 2.24) is 4.90 Å². The molecule has 0 aromatic carbocycles. The summed E-state index contributed by atoms with van der Waals surface area (Å²) in [7, 11) is 0. The van der Waals surface area contributed by atoms with Gasteiger partial charge in [-0.3, -0.25) is 0 Å². The van der Waals surface area contributed by atoms with E-state index in [4.69, 9.17) is 24.4 Å². The number of thioether (sulfide) groups is 1. The van der Waals surface area contributed by atoms with Crippen LogP contribution < -0.4 is 0 Å². The van der Waals surface area contributed by atoms with Gasteiger partial charge in [-0.1, -0.05) is 31.4 Å². The summed E-state index contributed by atoms with van der Waals surface area (Å²) in [6.45, 7) is 6.62. The maximum absolute atomic E-state index is 5.64. The van der Waals surface area contributed by atoms with Crippen LogP contribution in [-0.4, -0.2) is 26.2 Å². The highest BCUT2D eigenvalue weighted by atomic mass is 32.2. The third-order valence-corrected chi connectivity index (χ3v) is 5.44. The number of thiocarbonyl (C=S) groups is 2. The fraction of sp³-hybridized carbons (Fsp3) is 0.667. The molecular weight excluding hydrogens is 254 g/mol. The van der Waals surface area contributed by atoms with E-state index in [0.717, 1.165) is 16.4 Å². The molecular formula is C12H17NS3. The molecule has 0 radical (unpaired) electrons. The Kier molecular flexibility index (Phi) is 3.44. The Hall–Kier alpha value is 0.0700. The zero-order valence-corrected chi connectivity index (χ0v) is 12.4. The number of rotatable bonds is 2. The molecule has 2 heterocycles. The van der Waals surface area contributed by atoms with Gasteiger partial charge in [-0.15, -0.1) is 11.8 Å². The summed E-state index contributed by atoms with van der Waals surface area (Å²) >= 11 is 13.0. The van der Waals surface area contributed by atoms with Gasteiger partial charge in [-0.05, 0) is 43.4 Å². The second-order valence-corrected chi connectivity index (χ2v) is 6.92. The van der Waals surface area contributed by atoms with Crippen LogP contribution in [0.1, 0.15) is 33.6 Å². The monoisotopic (exact) mass is 271 g/mol. The van der Waals surface area contributed by atoms with E-state index in [1.807, 2.05) is 11.8 Å². The maximum atomic E-state index is 5.64. The molecule has 2 aliphatic rings. The van der Waals surface area contributed by atoms with E-state index in [2.05, 4.69) is 31.7 Å². The minimum atomic E-state index is 0.0451. The molecule has 0 spiro atoms. The highest BCUT2D eigenvalue weighted by Gasteiger charge is 2.39. The van der Waals surface area contributed by atoms with Crippen LogP contribution in [0.5, 0.6) is 0 Å². The van der Waals surface area contributed by atoms with E-state index < -0.39 is 0 Å². The van der Waals surface area contributed by atoms with Gasteiger partial charge in [0.2, 0.25) is 0 Å². The molecule has 88 valence electrons. The number of fused-ring (bicyclic) bond motifs is 1. The van der Waals surface area contributed by atoms with Crippen molar-refractivity contribution in [3.63, 3.8) is 0 Å². The van der Waals surface area contributed by atoms with Crippen LogP contribution in [0.25, 0.3) is 0 Å². The Labute approximate surface area is 113 Å². The van der Waals surface area contributed by atoms with Crippen LogP contribution in [0.4, 0.5) is 0 Å². The standard InChI is InChI=1S/C12H17NS3/c1-4-12(2,3)13-10(14)7-9-8(11(13)15)5-6-16-9/h7-8H,4-6H2,1-3H3. The van der Waals surface area contributed by atoms with Gasteiger partial charge >= 0.3 is 0 Å². The predicted molar refractivity (Wildman–Crippen MR) is 80.1 cm³/mol. The third kappa shape index (κ3) is 1.95. The zero-order chi connectivity index (χ0) is 11.9. The molecule has 1 nitrogen and oxygen atoms in total. The fourth-order valence-corrected chi connectivity index (χ4v) is 4.61. The summed E-state index contributed by atoms with van der Waals surface area (Å²) in [6, 6.07) is 0. The molecule has 0 bridgehead atoms. The summed E-state index contributed by atoms with van der Waals surface area (Å²) in [5, 5.41) is 0. The van der Waals surface area contributed by atoms with Crippen molar-refractivity contribution < 1.29 is 0 Å². The first kappa shape index (κ1) is 12.5. The van der Waals surface area contributed by atoms with E-state index in [1.165, 1.54) is 17.1 Å². The van der Waals surface area contributed by atoms with Crippen LogP contribution >= 0.6 is 36.2 Å². The quantitative estimate of drug-likeness (QED) is 0.703. The molecule has 1 fully saturated rings. The molecule has 2 rings (SSSR count). The number of hydrogen-bond acceptors (Lipinski definition) is 3. The van der Waals surface area contributed by atoms with Gasteiger partial charge in [0, 0.05) is 11.5 Å². The highest BCUT2D eigenvalue weighted by molar-refractivity contribution is 8.03. The minimum absolute atomic E-state index is 0.0451. The molecule has 0 aromatic heterocycles. The van der Waals surface area contributed by atoms with Crippen molar-refractivity contribution in [2.45, 2.75) is 39.2 Å². The summed E-state index contributed by atoms with van der Waals surface area (Å²) in [5.41, 5.74) is 0.0451. The summed E-state index contributed by atoms with van der Waals surface area (Å²) < 4.78 is 0. The Morgan fingerprint density at radius 1 is 1.50 bits per heavy atom. The molecule has 0 aromatic rings. The molecule has 1 saturated heterocycles. The van der Waals surface area contributed by atoms with Gasteiger partial charge in [0.1, 0.15) is 4.99 Å².